The Balaban J connectivity index is 3.14. The lowest BCUT2D eigenvalue weighted by Gasteiger charge is -2.17. The van der Waals surface area contributed by atoms with Gasteiger partial charge in [-0.3, -0.25) is 15.1 Å². The van der Waals surface area contributed by atoms with Gasteiger partial charge in [-0.15, -0.1) is 0 Å². The van der Waals surface area contributed by atoms with E-state index in [9.17, 15) is 10.0 Å². The van der Waals surface area contributed by atoms with Crippen LogP contribution in [0, 0.1) is 0 Å². The molecule has 76 valence electrons. The number of benzene rings is 1. The summed E-state index contributed by atoms with van der Waals surface area (Å²) < 4.78 is 0. The zero-order valence-corrected chi connectivity index (χ0v) is 8.53. The summed E-state index contributed by atoms with van der Waals surface area (Å²) in [6, 6.07) is 5.48. The molecule has 0 aromatic heterocycles. The average Bonchev–Trinajstić information content (AvgIpc) is 2.27. The molecule has 0 atom stereocenters. The van der Waals surface area contributed by atoms with Crippen molar-refractivity contribution in [2.75, 3.05) is 11.6 Å². The number of nitrogens with zero attached hydrogens (tertiary/aromatic N) is 1. The second-order valence-corrected chi connectivity index (χ2v) is 3.08. The Morgan fingerprint density at radius 1 is 1.43 bits per heavy atom. The van der Waals surface area contributed by atoms with Crippen molar-refractivity contribution in [3.63, 3.8) is 0 Å². The molecule has 0 unspecified atom stereocenters. The van der Waals surface area contributed by atoms with Crippen LogP contribution in [0.5, 0.6) is 0 Å². The highest BCUT2D eigenvalue weighted by Gasteiger charge is 2.07. The van der Waals surface area contributed by atoms with Crippen molar-refractivity contribution in [2.24, 2.45) is 0 Å². The standard InChI is InChI=1S/C11H15NO2/c1-3-9-5-6-10(8-13)11(7-9)12(14)4-2/h5-8,14H,3-4H2,1-2H3. The molecule has 1 aromatic carbocycles. The summed E-state index contributed by atoms with van der Waals surface area (Å²) >= 11 is 0. The molecular weight excluding hydrogens is 178 g/mol. The molecule has 0 spiro atoms. The number of hydroxylamine groups is 1. The molecule has 1 rings (SSSR count). The summed E-state index contributed by atoms with van der Waals surface area (Å²) in [5.74, 6) is 0. The van der Waals surface area contributed by atoms with Gasteiger partial charge in [-0.2, -0.15) is 0 Å². The van der Waals surface area contributed by atoms with Gasteiger partial charge in [0.25, 0.3) is 0 Å². The number of aryl methyl sites for hydroxylation is 1. The number of carbonyl (C=O) groups excluding carboxylic acids is 1. The molecule has 0 fully saturated rings. The molecule has 1 aromatic rings. The van der Waals surface area contributed by atoms with Crippen LogP contribution in [-0.2, 0) is 6.42 Å². The Labute approximate surface area is 83.9 Å². The summed E-state index contributed by atoms with van der Waals surface area (Å²) in [5, 5.41) is 10.6. The van der Waals surface area contributed by atoms with Crippen LogP contribution in [0.2, 0.25) is 0 Å². The Morgan fingerprint density at radius 3 is 2.64 bits per heavy atom. The van der Waals surface area contributed by atoms with Crippen LogP contribution in [0.3, 0.4) is 0 Å². The molecule has 14 heavy (non-hydrogen) atoms. The van der Waals surface area contributed by atoms with E-state index < -0.39 is 0 Å². The fourth-order valence-corrected chi connectivity index (χ4v) is 1.30. The Hall–Kier alpha value is -1.35. The molecule has 0 saturated carbocycles. The van der Waals surface area contributed by atoms with Gasteiger partial charge in [-0.25, -0.2) is 0 Å². The molecule has 0 saturated heterocycles. The van der Waals surface area contributed by atoms with Gasteiger partial charge < -0.3 is 0 Å². The normalized spacial score (nSPS) is 9.93. The lowest BCUT2D eigenvalue weighted by Crippen LogP contribution is -2.18. The van der Waals surface area contributed by atoms with Crippen molar-refractivity contribution < 1.29 is 10.0 Å². The zero-order chi connectivity index (χ0) is 10.6. The second-order valence-electron chi connectivity index (χ2n) is 3.08. The Kier molecular flexibility index (Phi) is 3.65. The van der Waals surface area contributed by atoms with Crippen LogP contribution in [0.25, 0.3) is 0 Å². The Morgan fingerprint density at radius 2 is 2.14 bits per heavy atom. The second kappa shape index (κ2) is 4.77. The highest BCUT2D eigenvalue weighted by atomic mass is 16.5. The van der Waals surface area contributed by atoms with E-state index >= 15 is 0 Å². The van der Waals surface area contributed by atoms with Crippen molar-refractivity contribution in [1.82, 2.24) is 0 Å². The maximum atomic E-state index is 10.7. The molecule has 0 aliphatic heterocycles. The fraction of sp³-hybridized carbons (Fsp3) is 0.364. The number of rotatable bonds is 4. The molecule has 3 heteroatoms. The predicted molar refractivity (Wildman–Crippen MR) is 56.0 cm³/mol. The zero-order valence-electron chi connectivity index (χ0n) is 8.53. The van der Waals surface area contributed by atoms with Gasteiger partial charge in [-0.05, 0) is 31.0 Å². The van der Waals surface area contributed by atoms with Crippen LogP contribution >= 0.6 is 0 Å². The van der Waals surface area contributed by atoms with Gasteiger partial charge >= 0.3 is 0 Å². The van der Waals surface area contributed by atoms with E-state index in [1.54, 1.807) is 6.07 Å². The smallest absolute Gasteiger partial charge is 0.152 e. The molecule has 0 radical (unpaired) electrons. The topological polar surface area (TPSA) is 40.5 Å². The molecular formula is C11H15NO2. The van der Waals surface area contributed by atoms with E-state index in [4.69, 9.17) is 0 Å². The van der Waals surface area contributed by atoms with E-state index in [0.29, 0.717) is 17.8 Å². The van der Waals surface area contributed by atoms with E-state index in [0.717, 1.165) is 23.3 Å². The number of anilines is 1. The van der Waals surface area contributed by atoms with Crippen molar-refractivity contribution in [3.05, 3.63) is 29.3 Å². The minimum Gasteiger partial charge on any atom is -0.298 e. The maximum Gasteiger partial charge on any atom is 0.152 e. The third kappa shape index (κ3) is 2.12. The average molecular weight is 193 g/mol. The summed E-state index contributed by atoms with van der Waals surface area (Å²) in [5.41, 5.74) is 2.21. The monoisotopic (exact) mass is 193 g/mol. The van der Waals surface area contributed by atoms with Crippen LogP contribution in [0.15, 0.2) is 18.2 Å². The number of aldehydes is 1. The van der Waals surface area contributed by atoms with Crippen LogP contribution in [0.4, 0.5) is 5.69 Å². The van der Waals surface area contributed by atoms with Crippen LogP contribution in [-0.4, -0.2) is 18.0 Å². The van der Waals surface area contributed by atoms with Gasteiger partial charge in [0.2, 0.25) is 0 Å². The van der Waals surface area contributed by atoms with Crippen LogP contribution < -0.4 is 5.06 Å². The first-order valence-electron chi connectivity index (χ1n) is 4.77. The molecule has 0 aliphatic rings. The molecule has 0 bridgehead atoms. The quantitative estimate of drug-likeness (QED) is 0.589. The lowest BCUT2D eigenvalue weighted by atomic mass is 10.1. The van der Waals surface area contributed by atoms with Crippen molar-refractivity contribution in [2.45, 2.75) is 20.3 Å². The number of hydrogen-bond donors (Lipinski definition) is 1. The van der Waals surface area contributed by atoms with E-state index in [1.165, 1.54) is 0 Å². The molecule has 0 heterocycles. The first kappa shape index (κ1) is 10.7. The minimum atomic E-state index is 0.466. The fourth-order valence-electron chi connectivity index (χ4n) is 1.30. The number of carbonyl (C=O) groups is 1. The van der Waals surface area contributed by atoms with Gasteiger partial charge in [-0.1, -0.05) is 13.0 Å². The van der Waals surface area contributed by atoms with Gasteiger partial charge in [0.15, 0.2) is 6.29 Å². The lowest BCUT2D eigenvalue weighted by molar-refractivity contribution is 0.112. The largest absolute Gasteiger partial charge is 0.298 e. The molecule has 1 N–H and O–H groups in total. The number of hydrogen-bond acceptors (Lipinski definition) is 3. The third-order valence-corrected chi connectivity index (χ3v) is 2.21. The van der Waals surface area contributed by atoms with Gasteiger partial charge in [0, 0.05) is 12.1 Å². The van der Waals surface area contributed by atoms with Crippen molar-refractivity contribution >= 4 is 12.0 Å². The first-order chi connectivity index (χ1) is 6.72. The first-order valence-corrected chi connectivity index (χ1v) is 4.77. The summed E-state index contributed by atoms with van der Waals surface area (Å²) in [6.07, 6.45) is 1.65. The molecule has 3 nitrogen and oxygen atoms in total. The summed E-state index contributed by atoms with van der Waals surface area (Å²) in [7, 11) is 0. The SMILES string of the molecule is CCc1ccc(C=O)c(N(O)CC)c1. The highest BCUT2D eigenvalue weighted by Crippen LogP contribution is 2.19. The minimum absolute atomic E-state index is 0.466. The Bertz CT molecular complexity index is 323. The maximum absolute atomic E-state index is 10.7. The van der Waals surface area contributed by atoms with E-state index in [2.05, 4.69) is 0 Å². The van der Waals surface area contributed by atoms with Gasteiger partial charge in [0.05, 0.1) is 5.69 Å². The third-order valence-electron chi connectivity index (χ3n) is 2.21. The molecule has 0 aliphatic carbocycles. The summed E-state index contributed by atoms with van der Waals surface area (Å²) in [4.78, 5) is 10.7. The molecule has 0 amide bonds. The van der Waals surface area contributed by atoms with Crippen molar-refractivity contribution in [3.8, 4) is 0 Å². The van der Waals surface area contributed by atoms with Crippen LogP contribution in [0.1, 0.15) is 29.8 Å². The predicted octanol–water partition coefficient (Wildman–Crippen LogP) is 2.28. The van der Waals surface area contributed by atoms with Gasteiger partial charge in [0.1, 0.15) is 0 Å². The van der Waals surface area contributed by atoms with Crippen molar-refractivity contribution in [1.29, 1.82) is 0 Å². The van der Waals surface area contributed by atoms with E-state index in [-0.39, 0.29) is 0 Å². The highest BCUT2D eigenvalue weighted by molar-refractivity contribution is 5.84. The summed E-state index contributed by atoms with van der Waals surface area (Å²) in [6.45, 7) is 4.33. The van der Waals surface area contributed by atoms with E-state index in [1.807, 2.05) is 26.0 Å².